The molecule has 0 unspecified atom stereocenters. The van der Waals surface area contributed by atoms with Gasteiger partial charge in [0, 0.05) is 0 Å². The number of carboxylic acids is 1. The van der Waals surface area contributed by atoms with E-state index in [1.54, 1.807) is 0 Å². The van der Waals surface area contributed by atoms with Gasteiger partial charge in [-0.3, -0.25) is 0 Å². The smallest absolute Gasteiger partial charge is 0.339 e. The zero-order valence-electron chi connectivity index (χ0n) is 7.34. The molecule has 0 radical (unpaired) electrons. The van der Waals surface area contributed by atoms with Crippen molar-refractivity contribution < 1.29 is 23.4 Å². The maximum atomic E-state index is 11.0. The van der Waals surface area contributed by atoms with Crippen LogP contribution in [0.4, 0.5) is 5.69 Å². The molecule has 82 valence electrons. The maximum Gasteiger partial charge on any atom is 0.339 e. The van der Waals surface area contributed by atoms with Crippen molar-refractivity contribution in [1.82, 2.24) is 0 Å². The van der Waals surface area contributed by atoms with E-state index in [1.165, 1.54) is 0 Å². The van der Waals surface area contributed by atoms with E-state index in [0.29, 0.717) is 0 Å². The van der Waals surface area contributed by atoms with Gasteiger partial charge in [-0.05, 0) is 12.1 Å². The molecule has 0 bridgehead atoms. The standard InChI is InChI=1S/C7H8N2O5S/c8-4-2-1-3(7(11)12)5(10)6(4)15(9,13)14/h1-2,10H,8H2,(H,11,12)(H2,9,13,14). The number of sulfonamides is 1. The lowest BCUT2D eigenvalue weighted by Crippen LogP contribution is -2.15. The van der Waals surface area contributed by atoms with Gasteiger partial charge in [-0.2, -0.15) is 0 Å². The highest BCUT2D eigenvalue weighted by molar-refractivity contribution is 7.89. The van der Waals surface area contributed by atoms with Crippen molar-refractivity contribution in [2.24, 2.45) is 5.14 Å². The van der Waals surface area contributed by atoms with E-state index in [9.17, 15) is 18.3 Å². The van der Waals surface area contributed by atoms with E-state index in [1.807, 2.05) is 0 Å². The van der Waals surface area contributed by atoms with Crippen LogP contribution < -0.4 is 10.9 Å². The minimum atomic E-state index is -4.26. The Balaban J connectivity index is 3.66. The van der Waals surface area contributed by atoms with Crippen molar-refractivity contribution in [3.05, 3.63) is 17.7 Å². The zero-order chi connectivity index (χ0) is 11.8. The van der Waals surface area contributed by atoms with E-state index in [-0.39, 0.29) is 5.69 Å². The third kappa shape index (κ3) is 2.00. The Morgan fingerprint density at radius 2 is 1.87 bits per heavy atom. The van der Waals surface area contributed by atoms with Gasteiger partial charge in [0.25, 0.3) is 0 Å². The first kappa shape index (κ1) is 11.3. The van der Waals surface area contributed by atoms with E-state index >= 15 is 0 Å². The number of nitrogen functional groups attached to an aromatic ring is 1. The Labute approximate surface area is 85.0 Å². The predicted octanol–water partition coefficient (Wildman–Crippen LogP) is -0.680. The third-order valence-corrected chi connectivity index (χ3v) is 2.67. The molecule has 7 nitrogen and oxygen atoms in total. The molecule has 0 heterocycles. The number of hydrogen-bond acceptors (Lipinski definition) is 5. The van der Waals surface area contributed by atoms with E-state index in [0.717, 1.165) is 12.1 Å². The van der Waals surface area contributed by atoms with Crippen molar-refractivity contribution in [3.63, 3.8) is 0 Å². The quantitative estimate of drug-likeness (QED) is 0.497. The van der Waals surface area contributed by atoms with Crippen molar-refractivity contribution in [3.8, 4) is 5.75 Å². The summed E-state index contributed by atoms with van der Waals surface area (Å²) >= 11 is 0. The molecule has 8 heteroatoms. The molecule has 0 aliphatic rings. The molecule has 0 atom stereocenters. The van der Waals surface area contributed by atoms with Crippen molar-refractivity contribution in [1.29, 1.82) is 0 Å². The Morgan fingerprint density at radius 3 is 2.27 bits per heavy atom. The molecule has 0 aromatic heterocycles. The van der Waals surface area contributed by atoms with Gasteiger partial charge in [0.1, 0.15) is 10.5 Å². The van der Waals surface area contributed by atoms with Crippen LogP contribution in [-0.4, -0.2) is 24.6 Å². The summed E-state index contributed by atoms with van der Waals surface area (Å²) in [6.45, 7) is 0. The molecule has 0 saturated carbocycles. The average Bonchev–Trinajstić information content (AvgIpc) is 2.00. The number of nitrogens with two attached hydrogens (primary N) is 2. The highest BCUT2D eigenvalue weighted by Gasteiger charge is 2.23. The number of aromatic hydroxyl groups is 1. The SMILES string of the molecule is Nc1ccc(C(=O)O)c(O)c1S(N)(=O)=O. The molecule has 0 saturated heterocycles. The number of carbonyl (C=O) groups is 1. The van der Waals surface area contributed by atoms with Crippen LogP contribution in [0, 0.1) is 0 Å². The van der Waals surface area contributed by atoms with Crippen LogP contribution >= 0.6 is 0 Å². The van der Waals surface area contributed by atoms with E-state index < -0.39 is 32.2 Å². The Kier molecular flexibility index (Phi) is 2.56. The van der Waals surface area contributed by atoms with Crippen molar-refractivity contribution in [2.75, 3.05) is 5.73 Å². The van der Waals surface area contributed by atoms with E-state index in [2.05, 4.69) is 0 Å². The number of rotatable bonds is 2. The van der Waals surface area contributed by atoms with Crippen LogP contribution in [0.5, 0.6) is 5.75 Å². The monoisotopic (exact) mass is 232 g/mol. The third-order valence-electron chi connectivity index (χ3n) is 1.68. The fraction of sp³-hybridized carbons (Fsp3) is 0. The normalized spacial score (nSPS) is 11.3. The fourth-order valence-electron chi connectivity index (χ4n) is 1.06. The number of carboxylic acid groups (broad SMARTS) is 1. The topological polar surface area (TPSA) is 144 Å². The molecule has 0 amide bonds. The average molecular weight is 232 g/mol. The predicted molar refractivity (Wildman–Crippen MR) is 50.9 cm³/mol. The molecule has 0 fully saturated rings. The summed E-state index contributed by atoms with van der Waals surface area (Å²) in [6, 6.07) is 2.03. The van der Waals surface area contributed by atoms with Gasteiger partial charge in [0.05, 0.1) is 5.69 Å². The van der Waals surface area contributed by atoms with Crippen LogP contribution in [0.1, 0.15) is 10.4 Å². The molecule has 0 aliphatic heterocycles. The lowest BCUT2D eigenvalue weighted by molar-refractivity contribution is 0.0693. The summed E-state index contributed by atoms with van der Waals surface area (Å²) in [6.07, 6.45) is 0. The largest absolute Gasteiger partial charge is 0.506 e. The summed E-state index contributed by atoms with van der Waals surface area (Å²) in [4.78, 5) is 9.80. The van der Waals surface area contributed by atoms with Gasteiger partial charge < -0.3 is 15.9 Å². The minimum Gasteiger partial charge on any atom is -0.506 e. The molecular weight excluding hydrogens is 224 g/mol. The van der Waals surface area contributed by atoms with Crippen molar-refractivity contribution in [2.45, 2.75) is 4.90 Å². The second-order valence-electron chi connectivity index (χ2n) is 2.73. The van der Waals surface area contributed by atoms with Gasteiger partial charge in [0.15, 0.2) is 5.75 Å². The van der Waals surface area contributed by atoms with Crippen LogP contribution in [0.15, 0.2) is 17.0 Å². The van der Waals surface area contributed by atoms with Gasteiger partial charge in [0.2, 0.25) is 10.0 Å². The number of phenols is 1. The summed E-state index contributed by atoms with van der Waals surface area (Å²) < 4.78 is 22.0. The van der Waals surface area contributed by atoms with Gasteiger partial charge in [-0.15, -0.1) is 0 Å². The Bertz CT molecular complexity index is 522. The van der Waals surface area contributed by atoms with Gasteiger partial charge in [-0.25, -0.2) is 18.4 Å². The van der Waals surface area contributed by atoms with Crippen LogP contribution in [0.25, 0.3) is 0 Å². The molecule has 1 aromatic rings. The Hall–Kier alpha value is -1.80. The van der Waals surface area contributed by atoms with Gasteiger partial charge >= 0.3 is 5.97 Å². The van der Waals surface area contributed by atoms with E-state index in [4.69, 9.17) is 16.0 Å². The second-order valence-corrected chi connectivity index (χ2v) is 4.23. The fourth-order valence-corrected chi connectivity index (χ4v) is 1.83. The summed E-state index contributed by atoms with van der Waals surface area (Å²) in [7, 11) is -4.26. The van der Waals surface area contributed by atoms with Crippen LogP contribution in [-0.2, 0) is 10.0 Å². The highest BCUT2D eigenvalue weighted by Crippen LogP contribution is 2.31. The Morgan fingerprint density at radius 1 is 1.33 bits per heavy atom. The number of primary sulfonamides is 1. The molecule has 6 N–H and O–H groups in total. The summed E-state index contributed by atoms with van der Waals surface area (Å²) in [5.74, 6) is -2.43. The molecule has 15 heavy (non-hydrogen) atoms. The molecule has 0 aliphatic carbocycles. The number of benzene rings is 1. The summed E-state index contributed by atoms with van der Waals surface area (Å²) in [5.41, 5.74) is 4.38. The molecule has 0 spiro atoms. The number of hydrogen-bond donors (Lipinski definition) is 4. The first-order valence-corrected chi connectivity index (χ1v) is 5.17. The molecule has 1 rings (SSSR count). The van der Waals surface area contributed by atoms with Crippen LogP contribution in [0.3, 0.4) is 0 Å². The lowest BCUT2D eigenvalue weighted by Gasteiger charge is -2.07. The number of aromatic carboxylic acids is 1. The number of anilines is 1. The first-order chi connectivity index (χ1) is 6.75. The van der Waals surface area contributed by atoms with Crippen LogP contribution in [0.2, 0.25) is 0 Å². The minimum absolute atomic E-state index is 0.306. The zero-order valence-corrected chi connectivity index (χ0v) is 8.15. The summed E-state index contributed by atoms with van der Waals surface area (Å²) in [5, 5.41) is 22.7. The lowest BCUT2D eigenvalue weighted by atomic mass is 10.2. The first-order valence-electron chi connectivity index (χ1n) is 3.62. The maximum absolute atomic E-state index is 11.0. The van der Waals surface area contributed by atoms with Gasteiger partial charge in [-0.1, -0.05) is 0 Å². The molecule has 1 aromatic carbocycles. The van der Waals surface area contributed by atoms with Crippen molar-refractivity contribution >= 4 is 21.7 Å². The molecular formula is C7H8N2O5S. The second kappa shape index (κ2) is 3.41. The highest BCUT2D eigenvalue weighted by atomic mass is 32.2.